The van der Waals surface area contributed by atoms with E-state index >= 15 is 0 Å². The summed E-state index contributed by atoms with van der Waals surface area (Å²) in [6.45, 7) is 0. The van der Waals surface area contributed by atoms with Crippen LogP contribution in [0.3, 0.4) is 0 Å². The highest BCUT2D eigenvalue weighted by Gasteiger charge is 2.31. The molecule has 1 aliphatic rings. The van der Waals surface area contributed by atoms with Crippen LogP contribution in [-0.2, 0) is 20.4 Å². The zero-order chi connectivity index (χ0) is 21.0. The van der Waals surface area contributed by atoms with E-state index < -0.39 is 28.1 Å². The number of carbonyl (C=O) groups excluding carboxylic acids is 1. The second kappa shape index (κ2) is 9.15. The fourth-order valence-electron chi connectivity index (χ4n) is 3.13. The minimum atomic E-state index is -1.46. The number of hydroxylamine groups is 1. The van der Waals surface area contributed by atoms with Crippen LogP contribution in [0.2, 0.25) is 0 Å². The topological polar surface area (TPSA) is 97.2 Å². The molecule has 0 saturated heterocycles. The van der Waals surface area contributed by atoms with Crippen molar-refractivity contribution in [2.75, 3.05) is 13.4 Å². The molecule has 2 aromatic rings. The Kier molecular flexibility index (Phi) is 6.60. The minimum absolute atomic E-state index is 0.164. The van der Waals surface area contributed by atoms with E-state index in [1.54, 1.807) is 24.3 Å². The molecule has 7 nitrogen and oxygen atoms in total. The standard InChI is InChI=1S/C20H21FN2O5S/c1-27-14-7-8-16(17(21)9-14)12-3-5-13(6-4-12)18-10-15(28-23-18)11-19(29(2)26)20(24)22-25/h3-9,15,19,25H,10-11H2,1-2H3,(H,22,24). The molecule has 2 N–H and O–H groups in total. The van der Waals surface area contributed by atoms with Crippen molar-refractivity contribution in [2.24, 2.45) is 5.16 Å². The molecule has 29 heavy (non-hydrogen) atoms. The van der Waals surface area contributed by atoms with Gasteiger partial charge in [-0.1, -0.05) is 29.4 Å². The largest absolute Gasteiger partial charge is 0.497 e. The van der Waals surface area contributed by atoms with Gasteiger partial charge in [0.2, 0.25) is 0 Å². The lowest BCUT2D eigenvalue weighted by Gasteiger charge is -2.15. The van der Waals surface area contributed by atoms with Crippen LogP contribution in [0.25, 0.3) is 11.1 Å². The predicted octanol–water partition coefficient (Wildman–Crippen LogP) is 2.64. The van der Waals surface area contributed by atoms with Gasteiger partial charge in [-0.25, -0.2) is 9.87 Å². The third kappa shape index (κ3) is 4.80. The lowest BCUT2D eigenvalue weighted by Crippen LogP contribution is -2.37. The summed E-state index contributed by atoms with van der Waals surface area (Å²) in [5.41, 5.74) is 4.20. The first-order valence-corrected chi connectivity index (χ1v) is 10.5. The molecule has 3 rings (SSSR count). The van der Waals surface area contributed by atoms with Crippen molar-refractivity contribution in [3.8, 4) is 16.9 Å². The van der Waals surface area contributed by atoms with Gasteiger partial charge in [0.25, 0.3) is 5.91 Å². The molecule has 0 saturated carbocycles. The summed E-state index contributed by atoms with van der Waals surface area (Å²) in [4.78, 5) is 17.0. The van der Waals surface area contributed by atoms with Gasteiger partial charge in [-0.2, -0.15) is 0 Å². The van der Waals surface area contributed by atoms with Crippen LogP contribution in [-0.4, -0.2) is 45.8 Å². The SMILES string of the molecule is COc1ccc(-c2ccc(C3=NOC(CC(C(=O)NO)S(C)=O)C3)cc2)c(F)c1. The number of hydrogen-bond acceptors (Lipinski definition) is 6. The van der Waals surface area contributed by atoms with Crippen LogP contribution < -0.4 is 10.2 Å². The summed E-state index contributed by atoms with van der Waals surface area (Å²) in [5, 5.41) is 12.0. The third-order valence-electron chi connectivity index (χ3n) is 4.72. The maximum Gasteiger partial charge on any atom is 0.259 e. The minimum Gasteiger partial charge on any atom is -0.497 e. The molecule has 0 fully saturated rings. The summed E-state index contributed by atoms with van der Waals surface area (Å²) in [7, 11) is 0.0220. The van der Waals surface area contributed by atoms with Crippen molar-refractivity contribution in [3.63, 3.8) is 0 Å². The number of oxime groups is 1. The molecule has 0 radical (unpaired) electrons. The number of carbonyl (C=O) groups is 1. The van der Waals surface area contributed by atoms with Crippen LogP contribution in [0, 0.1) is 5.82 Å². The maximum atomic E-state index is 14.3. The van der Waals surface area contributed by atoms with Crippen molar-refractivity contribution in [3.05, 3.63) is 53.8 Å². The van der Waals surface area contributed by atoms with Crippen LogP contribution in [0.5, 0.6) is 5.75 Å². The summed E-state index contributed by atoms with van der Waals surface area (Å²) in [6.07, 6.45) is 1.57. The predicted molar refractivity (Wildman–Crippen MR) is 107 cm³/mol. The molecule has 0 spiro atoms. The highest BCUT2D eigenvalue weighted by Crippen LogP contribution is 2.28. The Hall–Kier alpha value is -2.78. The van der Waals surface area contributed by atoms with E-state index in [2.05, 4.69) is 5.16 Å². The summed E-state index contributed by atoms with van der Waals surface area (Å²) in [5.74, 6) is -0.638. The van der Waals surface area contributed by atoms with Crippen LogP contribution in [0.4, 0.5) is 4.39 Å². The van der Waals surface area contributed by atoms with E-state index in [1.165, 1.54) is 24.9 Å². The Morgan fingerprint density at radius 2 is 2.03 bits per heavy atom. The Labute approximate surface area is 169 Å². The first kappa shape index (κ1) is 20.9. The normalized spacial score (nSPS) is 17.8. The number of ether oxygens (including phenoxy) is 1. The first-order valence-electron chi connectivity index (χ1n) is 8.86. The van der Waals surface area contributed by atoms with Gasteiger partial charge in [-0.3, -0.25) is 14.2 Å². The Balaban J connectivity index is 1.68. The molecule has 1 amide bonds. The first-order chi connectivity index (χ1) is 13.9. The summed E-state index contributed by atoms with van der Waals surface area (Å²) >= 11 is 0. The monoisotopic (exact) mass is 420 g/mol. The average molecular weight is 420 g/mol. The second-order valence-corrected chi connectivity index (χ2v) is 8.16. The molecule has 154 valence electrons. The Morgan fingerprint density at radius 3 is 2.62 bits per heavy atom. The second-order valence-electron chi connectivity index (χ2n) is 6.59. The number of rotatable bonds is 7. The Morgan fingerprint density at radius 1 is 1.34 bits per heavy atom. The van der Waals surface area contributed by atoms with E-state index in [4.69, 9.17) is 14.8 Å². The molecule has 2 aromatic carbocycles. The van der Waals surface area contributed by atoms with Crippen molar-refractivity contribution in [2.45, 2.75) is 24.2 Å². The van der Waals surface area contributed by atoms with Gasteiger partial charge in [0.1, 0.15) is 22.9 Å². The fourth-order valence-corrected chi connectivity index (χ4v) is 3.97. The number of benzene rings is 2. The van der Waals surface area contributed by atoms with Crippen LogP contribution >= 0.6 is 0 Å². The molecule has 3 atom stereocenters. The van der Waals surface area contributed by atoms with Gasteiger partial charge < -0.3 is 9.57 Å². The maximum absolute atomic E-state index is 14.3. The van der Waals surface area contributed by atoms with E-state index in [0.717, 1.165) is 5.56 Å². The average Bonchev–Trinajstić information content (AvgIpc) is 3.20. The molecule has 0 bridgehead atoms. The lowest BCUT2D eigenvalue weighted by molar-refractivity contribution is -0.129. The smallest absolute Gasteiger partial charge is 0.259 e. The van der Waals surface area contributed by atoms with Gasteiger partial charge in [0, 0.05) is 41.5 Å². The highest BCUT2D eigenvalue weighted by molar-refractivity contribution is 7.85. The summed E-state index contributed by atoms with van der Waals surface area (Å²) in [6, 6.07) is 11.9. The van der Waals surface area contributed by atoms with Crippen molar-refractivity contribution in [1.29, 1.82) is 0 Å². The molecule has 3 unspecified atom stereocenters. The molecule has 0 aliphatic carbocycles. The highest BCUT2D eigenvalue weighted by atomic mass is 32.2. The van der Waals surface area contributed by atoms with Gasteiger partial charge in [0.15, 0.2) is 0 Å². The van der Waals surface area contributed by atoms with Crippen molar-refractivity contribution < 1.29 is 28.2 Å². The van der Waals surface area contributed by atoms with E-state index in [9.17, 15) is 13.4 Å². The molecular formula is C20H21FN2O5S. The van der Waals surface area contributed by atoms with Gasteiger partial charge in [-0.05, 0) is 23.3 Å². The molecule has 0 aromatic heterocycles. The van der Waals surface area contributed by atoms with E-state index in [0.29, 0.717) is 29.0 Å². The zero-order valence-electron chi connectivity index (χ0n) is 15.9. The quantitative estimate of drug-likeness (QED) is 0.530. The van der Waals surface area contributed by atoms with Gasteiger partial charge in [0.05, 0.1) is 12.8 Å². The molecule has 1 aliphatic heterocycles. The number of hydrogen-bond donors (Lipinski definition) is 2. The third-order valence-corrected chi connectivity index (χ3v) is 5.93. The fraction of sp³-hybridized carbons (Fsp3) is 0.300. The van der Waals surface area contributed by atoms with Crippen molar-refractivity contribution >= 4 is 22.4 Å². The van der Waals surface area contributed by atoms with Gasteiger partial charge >= 0.3 is 0 Å². The number of nitrogens with zero attached hydrogens (tertiary/aromatic N) is 1. The molecular weight excluding hydrogens is 399 g/mol. The number of amides is 1. The molecule has 1 heterocycles. The van der Waals surface area contributed by atoms with Crippen LogP contribution in [0.15, 0.2) is 47.6 Å². The number of halogens is 1. The Bertz CT molecular complexity index is 948. The van der Waals surface area contributed by atoms with Crippen LogP contribution in [0.1, 0.15) is 18.4 Å². The number of methoxy groups -OCH3 is 1. The van der Waals surface area contributed by atoms with E-state index in [-0.39, 0.29) is 12.2 Å². The molecule has 9 heteroatoms. The summed E-state index contributed by atoms with van der Waals surface area (Å²) < 4.78 is 31.0. The van der Waals surface area contributed by atoms with Gasteiger partial charge in [-0.15, -0.1) is 0 Å². The lowest BCUT2D eigenvalue weighted by atomic mass is 9.98. The zero-order valence-corrected chi connectivity index (χ0v) is 16.7. The van der Waals surface area contributed by atoms with Crippen molar-refractivity contribution in [1.82, 2.24) is 5.48 Å². The number of nitrogens with one attached hydrogen (secondary N) is 1. The van der Waals surface area contributed by atoms with E-state index in [1.807, 2.05) is 12.1 Å².